The van der Waals surface area contributed by atoms with Crippen molar-refractivity contribution in [2.75, 3.05) is 6.54 Å². The Balaban J connectivity index is 2.52. The van der Waals surface area contributed by atoms with Gasteiger partial charge in [0.05, 0.1) is 6.10 Å². The molecule has 4 nitrogen and oxygen atoms in total. The van der Waals surface area contributed by atoms with Gasteiger partial charge in [-0.25, -0.2) is 0 Å². The predicted octanol–water partition coefficient (Wildman–Crippen LogP) is 2.72. The number of aliphatic hydroxyl groups excluding tert-OH is 1. The van der Waals surface area contributed by atoms with Crippen LogP contribution in [-0.2, 0) is 0 Å². The molecule has 0 fully saturated rings. The van der Waals surface area contributed by atoms with Crippen LogP contribution in [0.2, 0.25) is 0 Å². The molecule has 2 atom stereocenters. The number of carbonyl (C=O) groups excluding carboxylic acids is 1. The number of benzene rings is 1. The lowest BCUT2D eigenvalue weighted by molar-refractivity contribution is -0.274. The van der Waals surface area contributed by atoms with Crippen molar-refractivity contribution in [2.24, 2.45) is 5.92 Å². The van der Waals surface area contributed by atoms with Crippen LogP contribution in [0.15, 0.2) is 24.3 Å². The summed E-state index contributed by atoms with van der Waals surface area (Å²) in [4.78, 5) is 11.8. The highest BCUT2D eigenvalue weighted by molar-refractivity contribution is 5.94. The van der Waals surface area contributed by atoms with Gasteiger partial charge in [-0.2, -0.15) is 0 Å². The highest BCUT2D eigenvalue weighted by atomic mass is 19.4. The molecule has 1 aromatic rings. The fourth-order valence-electron chi connectivity index (χ4n) is 1.84. The minimum atomic E-state index is -4.75. The molecule has 0 aromatic heterocycles. The lowest BCUT2D eigenvalue weighted by Crippen LogP contribution is -2.29. The quantitative estimate of drug-likeness (QED) is 0.849. The number of carbonyl (C=O) groups is 1. The van der Waals surface area contributed by atoms with E-state index in [-0.39, 0.29) is 23.1 Å². The molecule has 21 heavy (non-hydrogen) atoms. The molecule has 0 aliphatic carbocycles. The zero-order valence-corrected chi connectivity index (χ0v) is 11.8. The van der Waals surface area contributed by atoms with Gasteiger partial charge in [-0.1, -0.05) is 6.92 Å². The molecule has 0 saturated heterocycles. The Morgan fingerprint density at radius 1 is 1.29 bits per heavy atom. The highest BCUT2D eigenvalue weighted by Gasteiger charge is 2.31. The summed E-state index contributed by atoms with van der Waals surface area (Å²) in [5.41, 5.74) is 0.244. The minimum Gasteiger partial charge on any atom is -0.406 e. The van der Waals surface area contributed by atoms with Gasteiger partial charge >= 0.3 is 6.36 Å². The summed E-state index contributed by atoms with van der Waals surface area (Å²) in [7, 11) is 0. The normalized spacial score (nSPS) is 14.4. The van der Waals surface area contributed by atoms with Crippen molar-refractivity contribution in [2.45, 2.75) is 32.7 Å². The number of aliphatic hydroxyl groups is 1. The van der Waals surface area contributed by atoms with Crippen LogP contribution in [-0.4, -0.2) is 30.0 Å². The van der Waals surface area contributed by atoms with Crippen LogP contribution in [0.1, 0.15) is 30.6 Å². The molecule has 1 amide bonds. The van der Waals surface area contributed by atoms with E-state index in [1.165, 1.54) is 12.1 Å². The maximum Gasteiger partial charge on any atom is 0.573 e. The number of hydrogen-bond acceptors (Lipinski definition) is 3. The molecule has 118 valence electrons. The molecule has 2 N–H and O–H groups in total. The Morgan fingerprint density at radius 3 is 2.33 bits per heavy atom. The lowest BCUT2D eigenvalue weighted by atomic mass is 10.0. The summed E-state index contributed by atoms with van der Waals surface area (Å²) in [5.74, 6) is -0.658. The van der Waals surface area contributed by atoms with Gasteiger partial charge in [-0.3, -0.25) is 4.79 Å². The molecule has 0 bridgehead atoms. The first kappa shape index (κ1) is 17.3. The van der Waals surface area contributed by atoms with Crippen molar-refractivity contribution >= 4 is 5.91 Å². The SMILES string of the molecule is CC(O)CC(C)CNC(=O)c1ccc(OC(F)(F)F)cc1. The molecule has 0 spiro atoms. The molecule has 1 aromatic carbocycles. The summed E-state index contributed by atoms with van der Waals surface area (Å²) in [6, 6.07) is 4.69. The second-order valence-electron chi connectivity index (χ2n) is 4.97. The van der Waals surface area contributed by atoms with E-state index in [0.717, 1.165) is 12.1 Å². The van der Waals surface area contributed by atoms with Gasteiger partial charge in [0.15, 0.2) is 0 Å². The second kappa shape index (κ2) is 7.31. The maximum atomic E-state index is 12.0. The summed E-state index contributed by atoms with van der Waals surface area (Å²) in [5, 5.41) is 11.9. The van der Waals surface area contributed by atoms with E-state index < -0.39 is 12.5 Å². The second-order valence-corrected chi connectivity index (χ2v) is 4.97. The van der Waals surface area contributed by atoms with Gasteiger partial charge < -0.3 is 15.2 Å². The third kappa shape index (κ3) is 6.99. The summed E-state index contributed by atoms with van der Waals surface area (Å²) >= 11 is 0. The van der Waals surface area contributed by atoms with Crippen LogP contribution in [0.25, 0.3) is 0 Å². The van der Waals surface area contributed by atoms with Crippen LogP contribution >= 0.6 is 0 Å². The van der Waals surface area contributed by atoms with Gasteiger partial charge in [0, 0.05) is 12.1 Å². The van der Waals surface area contributed by atoms with Gasteiger partial charge in [0.2, 0.25) is 0 Å². The van der Waals surface area contributed by atoms with Gasteiger partial charge in [0.25, 0.3) is 5.91 Å². The van der Waals surface area contributed by atoms with Gasteiger partial charge in [-0.15, -0.1) is 13.2 Å². The topological polar surface area (TPSA) is 58.6 Å². The Bertz CT molecular complexity index is 458. The minimum absolute atomic E-state index is 0.0989. The number of nitrogens with one attached hydrogen (secondary N) is 1. The third-order valence-corrected chi connectivity index (χ3v) is 2.70. The van der Waals surface area contributed by atoms with E-state index in [1.54, 1.807) is 6.92 Å². The molecular weight excluding hydrogens is 287 g/mol. The molecule has 2 unspecified atom stereocenters. The van der Waals surface area contributed by atoms with Crippen LogP contribution in [0.5, 0.6) is 5.75 Å². The van der Waals surface area contributed by atoms with E-state index in [2.05, 4.69) is 10.1 Å². The Labute approximate surface area is 120 Å². The molecule has 0 radical (unpaired) electrons. The Hall–Kier alpha value is -1.76. The van der Waals surface area contributed by atoms with Gasteiger partial charge in [-0.05, 0) is 43.5 Å². The summed E-state index contributed by atoms with van der Waals surface area (Å²) < 4.78 is 39.7. The first-order valence-electron chi connectivity index (χ1n) is 6.49. The molecule has 7 heteroatoms. The van der Waals surface area contributed by atoms with Crippen molar-refractivity contribution in [1.82, 2.24) is 5.32 Å². The zero-order valence-electron chi connectivity index (χ0n) is 11.8. The fourth-order valence-corrected chi connectivity index (χ4v) is 1.84. The van der Waals surface area contributed by atoms with Gasteiger partial charge in [0.1, 0.15) is 5.75 Å². The first-order valence-corrected chi connectivity index (χ1v) is 6.49. The van der Waals surface area contributed by atoms with Crippen molar-refractivity contribution in [1.29, 1.82) is 0 Å². The molecule has 0 heterocycles. The third-order valence-electron chi connectivity index (χ3n) is 2.70. The number of rotatable bonds is 6. The molecular formula is C14H18F3NO3. The van der Waals surface area contributed by atoms with E-state index in [0.29, 0.717) is 13.0 Å². The van der Waals surface area contributed by atoms with Crippen molar-refractivity contribution < 1.29 is 27.8 Å². The van der Waals surface area contributed by atoms with E-state index in [1.807, 2.05) is 6.92 Å². The summed E-state index contributed by atoms with van der Waals surface area (Å²) in [6.07, 6.45) is -4.64. The Kier molecular flexibility index (Phi) is 6.02. The molecule has 0 aliphatic rings. The van der Waals surface area contributed by atoms with Crippen LogP contribution in [0.3, 0.4) is 0 Å². The maximum absolute atomic E-state index is 12.0. The lowest BCUT2D eigenvalue weighted by Gasteiger charge is -2.14. The fraction of sp³-hybridized carbons (Fsp3) is 0.500. The molecule has 1 rings (SSSR count). The average Bonchev–Trinajstić information content (AvgIpc) is 2.34. The van der Waals surface area contributed by atoms with Crippen molar-refractivity contribution in [3.63, 3.8) is 0 Å². The van der Waals surface area contributed by atoms with E-state index in [4.69, 9.17) is 0 Å². The zero-order chi connectivity index (χ0) is 16.0. The predicted molar refractivity (Wildman–Crippen MR) is 70.9 cm³/mol. The van der Waals surface area contributed by atoms with E-state index in [9.17, 15) is 23.1 Å². The largest absolute Gasteiger partial charge is 0.573 e. The highest BCUT2D eigenvalue weighted by Crippen LogP contribution is 2.22. The monoisotopic (exact) mass is 305 g/mol. The number of halogens is 3. The molecule has 0 saturated carbocycles. The van der Waals surface area contributed by atoms with Crippen molar-refractivity contribution in [3.05, 3.63) is 29.8 Å². The number of amides is 1. The number of hydrogen-bond donors (Lipinski definition) is 2. The smallest absolute Gasteiger partial charge is 0.406 e. The van der Waals surface area contributed by atoms with Crippen LogP contribution in [0, 0.1) is 5.92 Å². The Morgan fingerprint density at radius 2 is 1.86 bits per heavy atom. The van der Waals surface area contributed by atoms with Crippen LogP contribution < -0.4 is 10.1 Å². The standard InChI is InChI=1S/C14H18F3NO3/c1-9(7-10(2)19)8-18-13(20)11-3-5-12(6-4-11)21-14(15,16)17/h3-6,9-10,19H,7-8H2,1-2H3,(H,18,20). The average molecular weight is 305 g/mol. The molecule has 0 aliphatic heterocycles. The first-order chi connectivity index (χ1) is 9.67. The van der Waals surface area contributed by atoms with Crippen molar-refractivity contribution in [3.8, 4) is 5.75 Å². The number of alkyl halides is 3. The van der Waals surface area contributed by atoms with Crippen LogP contribution in [0.4, 0.5) is 13.2 Å². The number of ether oxygens (including phenoxy) is 1. The summed E-state index contributed by atoms with van der Waals surface area (Å²) in [6.45, 7) is 3.93. The van der Waals surface area contributed by atoms with E-state index >= 15 is 0 Å².